The number of aryl methyl sites for hydroxylation is 1. The second-order valence-electron chi connectivity index (χ2n) is 2.65. The Hall–Kier alpha value is -0.200. The molecule has 1 rings (SSSR count). The Morgan fingerprint density at radius 2 is 2.14 bits per heavy atom. The third-order valence-electron chi connectivity index (χ3n) is 1.52. The van der Waals surface area contributed by atoms with Gasteiger partial charge >= 0.3 is 9.05 Å². The van der Waals surface area contributed by atoms with Crippen molar-refractivity contribution in [3.63, 3.8) is 0 Å². The maximum Gasteiger partial charge on any atom is 0.430 e. The van der Waals surface area contributed by atoms with Crippen molar-refractivity contribution in [2.45, 2.75) is 6.42 Å². The molecule has 0 bridgehead atoms. The highest BCUT2D eigenvalue weighted by atomic mass is 35.5. The lowest BCUT2D eigenvalue weighted by Crippen LogP contribution is -2.00. The maximum atomic E-state index is 10.5. The van der Waals surface area contributed by atoms with Crippen molar-refractivity contribution in [2.24, 2.45) is 0 Å². The van der Waals surface area contributed by atoms with Gasteiger partial charge in [0.25, 0.3) is 10.3 Å². The Labute approximate surface area is 91.4 Å². The molecule has 1 aromatic rings. The summed E-state index contributed by atoms with van der Waals surface area (Å²) < 4.78 is 27.6. The van der Waals surface area contributed by atoms with Gasteiger partial charge in [-0.1, -0.05) is 23.7 Å². The van der Waals surface area contributed by atoms with Crippen LogP contribution < -0.4 is 0 Å². The number of rotatable bonds is 3. The van der Waals surface area contributed by atoms with Gasteiger partial charge in [0.1, 0.15) is 0 Å². The first-order chi connectivity index (χ1) is 6.47. The fraction of sp³-hybridized carbons (Fsp3) is 0.250. The molecule has 0 aliphatic heterocycles. The van der Waals surface area contributed by atoms with Gasteiger partial charge in [-0.3, -0.25) is 9.11 Å². The van der Waals surface area contributed by atoms with Gasteiger partial charge < -0.3 is 0 Å². The van der Waals surface area contributed by atoms with E-state index in [1.54, 1.807) is 12.1 Å². The van der Waals surface area contributed by atoms with Gasteiger partial charge in [-0.05, 0) is 17.7 Å². The molecule has 0 aromatic heterocycles. The molecule has 1 aromatic carbocycles. The second-order valence-corrected chi connectivity index (χ2v) is 6.64. The molecular formula is C8H10ClO3S2+. The van der Waals surface area contributed by atoms with Crippen molar-refractivity contribution < 1.29 is 13.3 Å². The molecule has 0 unspecified atom stereocenters. The summed E-state index contributed by atoms with van der Waals surface area (Å²) in [5.74, 6) is 0.381. The minimum absolute atomic E-state index is 0.381. The summed E-state index contributed by atoms with van der Waals surface area (Å²) in [5, 5.41) is 0.640. The van der Waals surface area contributed by atoms with Crippen LogP contribution in [0.2, 0.25) is 5.02 Å². The summed E-state index contributed by atoms with van der Waals surface area (Å²) in [6, 6.07) is 7.25. The zero-order chi connectivity index (χ0) is 10.6. The van der Waals surface area contributed by atoms with E-state index in [1.807, 2.05) is 12.1 Å². The monoisotopic (exact) mass is 253 g/mol. The molecule has 0 aliphatic rings. The third kappa shape index (κ3) is 4.88. The Morgan fingerprint density at radius 3 is 2.71 bits per heavy atom. The highest BCUT2D eigenvalue weighted by molar-refractivity contribution is 8.34. The third-order valence-corrected chi connectivity index (χ3v) is 3.85. The van der Waals surface area contributed by atoms with Crippen LogP contribution in [-0.4, -0.2) is 19.1 Å². The fourth-order valence-corrected chi connectivity index (χ4v) is 2.61. The Kier molecular flexibility index (Phi) is 4.28. The van der Waals surface area contributed by atoms with Crippen molar-refractivity contribution in [1.29, 1.82) is 0 Å². The molecule has 0 radical (unpaired) electrons. The summed E-state index contributed by atoms with van der Waals surface area (Å²) in [5.41, 5.74) is 0.980. The summed E-state index contributed by atoms with van der Waals surface area (Å²) in [7, 11) is -3.04. The smallest absolute Gasteiger partial charge is 0.251 e. The van der Waals surface area contributed by atoms with E-state index in [4.69, 9.17) is 20.7 Å². The van der Waals surface area contributed by atoms with E-state index in [0.717, 1.165) is 5.56 Å². The van der Waals surface area contributed by atoms with E-state index in [-0.39, 0.29) is 0 Å². The van der Waals surface area contributed by atoms with Gasteiger partial charge in [0.05, 0.1) is 0 Å². The molecule has 14 heavy (non-hydrogen) atoms. The van der Waals surface area contributed by atoms with Gasteiger partial charge in [0, 0.05) is 11.4 Å². The van der Waals surface area contributed by atoms with E-state index in [1.165, 1.54) is 0 Å². The van der Waals surface area contributed by atoms with Gasteiger partial charge in [-0.2, -0.15) is 4.21 Å². The summed E-state index contributed by atoms with van der Waals surface area (Å²) in [4.78, 5) is 0. The van der Waals surface area contributed by atoms with Crippen LogP contribution in [-0.2, 0) is 25.8 Å². The fourth-order valence-electron chi connectivity index (χ4n) is 0.961. The van der Waals surface area contributed by atoms with Crippen molar-refractivity contribution in [2.75, 3.05) is 5.75 Å². The van der Waals surface area contributed by atoms with Gasteiger partial charge in [0.2, 0.25) is 0 Å². The topological polar surface area (TPSA) is 57.5 Å². The summed E-state index contributed by atoms with van der Waals surface area (Å²) in [6.07, 6.45) is 0.601. The number of hydrogen-bond acceptors (Lipinski definition) is 1. The largest absolute Gasteiger partial charge is 0.430 e. The standard InChI is InChI=1S/C8H9ClO3S2/c9-8-3-1-2-7(6-8)4-5-13-14(10,11)12/h1-3,6H,4-5H2,(H-,10,11,12)/p+1. The number of benzene rings is 1. The molecule has 78 valence electrons. The zero-order valence-electron chi connectivity index (χ0n) is 7.22. The van der Waals surface area contributed by atoms with Crippen LogP contribution in [0.15, 0.2) is 24.3 Å². The SMILES string of the molecule is O=S(O)(O)=[S+]CCc1cccc(Cl)c1. The van der Waals surface area contributed by atoms with Gasteiger partial charge in [-0.25, -0.2) is 0 Å². The quantitative estimate of drug-likeness (QED) is 0.812. The second kappa shape index (κ2) is 5.04. The molecule has 0 amide bonds. The average molecular weight is 254 g/mol. The van der Waals surface area contributed by atoms with Crippen LogP contribution >= 0.6 is 11.6 Å². The van der Waals surface area contributed by atoms with Crippen molar-refractivity contribution in [3.8, 4) is 0 Å². The highest BCUT2D eigenvalue weighted by Crippen LogP contribution is 2.10. The predicted molar refractivity (Wildman–Crippen MR) is 60.8 cm³/mol. The first-order valence-electron chi connectivity index (χ1n) is 3.85. The molecule has 0 heterocycles. The van der Waals surface area contributed by atoms with Crippen molar-refractivity contribution >= 4 is 31.0 Å². The van der Waals surface area contributed by atoms with Crippen LogP contribution in [0, 0.1) is 0 Å². The first kappa shape index (κ1) is 11.9. The lowest BCUT2D eigenvalue weighted by molar-refractivity contribution is 0.450. The molecule has 0 spiro atoms. The molecule has 2 N–H and O–H groups in total. The van der Waals surface area contributed by atoms with Crippen molar-refractivity contribution in [1.82, 2.24) is 0 Å². The van der Waals surface area contributed by atoms with E-state index < -0.39 is 9.05 Å². The zero-order valence-corrected chi connectivity index (χ0v) is 9.61. The average Bonchev–Trinajstić information content (AvgIpc) is 2.01. The molecule has 0 saturated carbocycles. The Morgan fingerprint density at radius 1 is 1.43 bits per heavy atom. The van der Waals surface area contributed by atoms with Crippen LogP contribution in [0.25, 0.3) is 0 Å². The summed E-state index contributed by atoms with van der Waals surface area (Å²) >= 11 is 5.75. The molecule has 6 heteroatoms. The van der Waals surface area contributed by atoms with E-state index in [2.05, 4.69) is 0 Å². The van der Waals surface area contributed by atoms with E-state index in [0.29, 0.717) is 27.5 Å². The van der Waals surface area contributed by atoms with Gasteiger partial charge in [0.15, 0.2) is 5.75 Å². The van der Waals surface area contributed by atoms with Gasteiger partial charge in [-0.15, -0.1) is 0 Å². The molecule has 0 aliphatic carbocycles. The molecule has 0 atom stereocenters. The molecular weight excluding hydrogens is 244 g/mol. The molecule has 3 nitrogen and oxygen atoms in total. The Balaban J connectivity index is 2.59. The summed E-state index contributed by atoms with van der Waals surface area (Å²) in [6.45, 7) is 0. The lowest BCUT2D eigenvalue weighted by atomic mass is 10.2. The van der Waals surface area contributed by atoms with E-state index in [9.17, 15) is 4.21 Å². The van der Waals surface area contributed by atoms with Crippen LogP contribution in [0.4, 0.5) is 0 Å². The number of hydrogen-bond donors (Lipinski definition) is 2. The minimum Gasteiger partial charge on any atom is -0.251 e. The first-order valence-corrected chi connectivity index (χ1v) is 7.20. The van der Waals surface area contributed by atoms with Crippen LogP contribution in [0.1, 0.15) is 5.56 Å². The van der Waals surface area contributed by atoms with Crippen LogP contribution in [0.5, 0.6) is 0 Å². The molecule has 0 saturated heterocycles. The van der Waals surface area contributed by atoms with Crippen molar-refractivity contribution in [3.05, 3.63) is 34.9 Å². The molecule has 0 fully saturated rings. The highest BCUT2D eigenvalue weighted by Gasteiger charge is 2.09. The lowest BCUT2D eigenvalue weighted by Gasteiger charge is -1.94. The Bertz CT molecular complexity index is 416. The maximum absolute atomic E-state index is 10.5. The minimum atomic E-state index is -3.67. The normalized spacial score (nSPS) is 11.4. The van der Waals surface area contributed by atoms with Crippen LogP contribution in [0.3, 0.4) is 0 Å². The predicted octanol–water partition coefficient (Wildman–Crippen LogP) is 2.11. The van der Waals surface area contributed by atoms with E-state index >= 15 is 0 Å². The number of halogens is 1.